The zero-order valence-electron chi connectivity index (χ0n) is 8.83. The average Bonchev–Trinajstić information content (AvgIpc) is 2.28. The maximum atomic E-state index is 6.23. The SMILES string of the molecule is NC(c1cccc(Cl)c1)c1ccc(Br)cc1Br. The van der Waals surface area contributed by atoms with Crippen molar-refractivity contribution in [2.75, 3.05) is 0 Å². The van der Waals surface area contributed by atoms with E-state index in [0.717, 1.165) is 20.1 Å². The fraction of sp³-hybridized carbons (Fsp3) is 0.0769. The molecule has 2 rings (SSSR count). The fourth-order valence-corrected chi connectivity index (χ4v) is 3.13. The van der Waals surface area contributed by atoms with Crippen molar-refractivity contribution in [1.29, 1.82) is 0 Å². The summed E-state index contributed by atoms with van der Waals surface area (Å²) in [6.45, 7) is 0. The van der Waals surface area contributed by atoms with E-state index in [1.165, 1.54) is 0 Å². The molecule has 17 heavy (non-hydrogen) atoms. The number of halogens is 3. The van der Waals surface area contributed by atoms with Crippen molar-refractivity contribution in [2.45, 2.75) is 6.04 Å². The summed E-state index contributed by atoms with van der Waals surface area (Å²) in [7, 11) is 0. The van der Waals surface area contributed by atoms with Crippen molar-refractivity contribution in [3.05, 3.63) is 67.6 Å². The van der Waals surface area contributed by atoms with Gasteiger partial charge >= 0.3 is 0 Å². The number of hydrogen-bond donors (Lipinski definition) is 1. The summed E-state index contributed by atoms with van der Waals surface area (Å²) in [5.41, 5.74) is 8.27. The molecule has 2 aromatic carbocycles. The Hall–Kier alpha value is -0.350. The lowest BCUT2D eigenvalue weighted by Gasteiger charge is -2.15. The van der Waals surface area contributed by atoms with Gasteiger partial charge in [0, 0.05) is 14.0 Å². The van der Waals surface area contributed by atoms with Crippen molar-refractivity contribution < 1.29 is 0 Å². The van der Waals surface area contributed by atoms with Crippen LogP contribution in [0.1, 0.15) is 17.2 Å². The minimum Gasteiger partial charge on any atom is -0.320 e. The Kier molecular flexibility index (Phi) is 4.26. The van der Waals surface area contributed by atoms with Crippen LogP contribution in [-0.2, 0) is 0 Å². The molecular weight excluding hydrogens is 365 g/mol. The molecule has 2 aromatic rings. The van der Waals surface area contributed by atoms with Crippen molar-refractivity contribution in [2.24, 2.45) is 5.73 Å². The summed E-state index contributed by atoms with van der Waals surface area (Å²) in [6, 6.07) is 13.4. The molecule has 0 aromatic heterocycles. The summed E-state index contributed by atoms with van der Waals surface area (Å²) in [5.74, 6) is 0. The van der Waals surface area contributed by atoms with Gasteiger partial charge in [-0.05, 0) is 35.4 Å². The molecular formula is C13H10Br2ClN. The van der Waals surface area contributed by atoms with Crippen molar-refractivity contribution in [1.82, 2.24) is 0 Å². The molecule has 0 amide bonds. The van der Waals surface area contributed by atoms with Gasteiger partial charge in [-0.1, -0.05) is 61.7 Å². The van der Waals surface area contributed by atoms with Gasteiger partial charge in [0.2, 0.25) is 0 Å². The maximum absolute atomic E-state index is 6.23. The highest BCUT2D eigenvalue weighted by molar-refractivity contribution is 9.11. The van der Waals surface area contributed by atoms with Crippen LogP contribution >= 0.6 is 43.5 Å². The minimum atomic E-state index is -0.184. The highest BCUT2D eigenvalue weighted by Crippen LogP contribution is 2.30. The van der Waals surface area contributed by atoms with Crippen molar-refractivity contribution in [3.63, 3.8) is 0 Å². The second kappa shape index (κ2) is 5.53. The van der Waals surface area contributed by atoms with Gasteiger partial charge in [-0.15, -0.1) is 0 Å². The predicted molar refractivity (Wildman–Crippen MR) is 79.3 cm³/mol. The lowest BCUT2D eigenvalue weighted by atomic mass is 10.00. The normalized spacial score (nSPS) is 12.5. The molecule has 2 N–H and O–H groups in total. The van der Waals surface area contributed by atoms with Crippen LogP contribution < -0.4 is 5.73 Å². The molecule has 1 unspecified atom stereocenters. The molecule has 0 saturated carbocycles. The van der Waals surface area contributed by atoms with Crippen molar-refractivity contribution in [3.8, 4) is 0 Å². The molecule has 0 bridgehead atoms. The van der Waals surface area contributed by atoms with Gasteiger partial charge in [0.1, 0.15) is 0 Å². The number of benzene rings is 2. The van der Waals surface area contributed by atoms with E-state index in [4.69, 9.17) is 17.3 Å². The Morgan fingerprint density at radius 2 is 1.82 bits per heavy atom. The number of rotatable bonds is 2. The largest absolute Gasteiger partial charge is 0.320 e. The van der Waals surface area contributed by atoms with Crippen LogP contribution in [0.5, 0.6) is 0 Å². The van der Waals surface area contributed by atoms with E-state index in [-0.39, 0.29) is 6.04 Å². The molecule has 0 fully saturated rings. The maximum Gasteiger partial charge on any atom is 0.0563 e. The van der Waals surface area contributed by atoms with Crippen LogP contribution in [0.25, 0.3) is 0 Å². The Morgan fingerprint density at radius 3 is 2.47 bits per heavy atom. The summed E-state index contributed by atoms with van der Waals surface area (Å²) in [5, 5.41) is 0.700. The molecule has 4 heteroatoms. The lowest BCUT2D eigenvalue weighted by molar-refractivity contribution is 0.865. The van der Waals surface area contributed by atoms with E-state index in [0.29, 0.717) is 5.02 Å². The first-order valence-electron chi connectivity index (χ1n) is 5.04. The highest BCUT2D eigenvalue weighted by Gasteiger charge is 2.12. The standard InChI is InChI=1S/C13H10Br2ClN/c14-9-4-5-11(12(15)7-9)13(17)8-2-1-3-10(16)6-8/h1-7,13H,17H2. The van der Waals surface area contributed by atoms with E-state index < -0.39 is 0 Å². The second-order valence-electron chi connectivity index (χ2n) is 3.70. The summed E-state index contributed by atoms with van der Waals surface area (Å²) in [6.07, 6.45) is 0. The van der Waals surface area contributed by atoms with Gasteiger partial charge < -0.3 is 5.73 Å². The summed E-state index contributed by atoms with van der Waals surface area (Å²) in [4.78, 5) is 0. The smallest absolute Gasteiger partial charge is 0.0563 e. The van der Waals surface area contributed by atoms with Gasteiger partial charge in [0.05, 0.1) is 6.04 Å². The summed E-state index contributed by atoms with van der Waals surface area (Å²) < 4.78 is 2.01. The molecule has 0 aliphatic heterocycles. The topological polar surface area (TPSA) is 26.0 Å². The molecule has 0 aliphatic carbocycles. The van der Waals surface area contributed by atoms with E-state index in [1.54, 1.807) is 0 Å². The van der Waals surface area contributed by atoms with Crippen LogP contribution in [0.3, 0.4) is 0 Å². The van der Waals surface area contributed by atoms with Gasteiger partial charge in [-0.25, -0.2) is 0 Å². The monoisotopic (exact) mass is 373 g/mol. The predicted octanol–water partition coefficient (Wildman–Crippen LogP) is 4.91. The third kappa shape index (κ3) is 3.10. The Bertz CT molecular complexity index is 543. The third-order valence-corrected chi connectivity index (χ3v) is 3.92. The van der Waals surface area contributed by atoms with E-state index in [1.807, 2.05) is 42.5 Å². The number of nitrogens with two attached hydrogens (primary N) is 1. The van der Waals surface area contributed by atoms with Crippen LogP contribution in [0.2, 0.25) is 5.02 Å². The van der Waals surface area contributed by atoms with Crippen LogP contribution in [0, 0.1) is 0 Å². The third-order valence-electron chi connectivity index (χ3n) is 2.51. The molecule has 0 radical (unpaired) electrons. The first-order chi connectivity index (χ1) is 8.08. The molecule has 1 nitrogen and oxygen atoms in total. The minimum absolute atomic E-state index is 0.184. The average molecular weight is 375 g/mol. The molecule has 0 heterocycles. The van der Waals surface area contributed by atoms with E-state index in [9.17, 15) is 0 Å². The zero-order chi connectivity index (χ0) is 12.4. The van der Waals surface area contributed by atoms with Gasteiger partial charge in [0.15, 0.2) is 0 Å². The molecule has 0 spiro atoms. The highest BCUT2D eigenvalue weighted by atomic mass is 79.9. The quantitative estimate of drug-likeness (QED) is 0.793. The lowest BCUT2D eigenvalue weighted by Crippen LogP contribution is -2.12. The molecule has 88 valence electrons. The Morgan fingerprint density at radius 1 is 1.06 bits per heavy atom. The Balaban J connectivity index is 2.40. The van der Waals surface area contributed by atoms with E-state index >= 15 is 0 Å². The van der Waals surface area contributed by atoms with Crippen LogP contribution in [-0.4, -0.2) is 0 Å². The summed E-state index contributed by atoms with van der Waals surface area (Å²) >= 11 is 12.9. The zero-order valence-corrected chi connectivity index (χ0v) is 12.8. The van der Waals surface area contributed by atoms with Crippen LogP contribution in [0.4, 0.5) is 0 Å². The molecule has 0 saturated heterocycles. The van der Waals surface area contributed by atoms with Gasteiger partial charge in [0.25, 0.3) is 0 Å². The van der Waals surface area contributed by atoms with E-state index in [2.05, 4.69) is 31.9 Å². The fourth-order valence-electron chi connectivity index (χ4n) is 1.63. The molecule has 1 atom stereocenters. The molecule has 0 aliphatic rings. The van der Waals surface area contributed by atoms with Crippen LogP contribution in [0.15, 0.2) is 51.4 Å². The second-order valence-corrected chi connectivity index (χ2v) is 5.90. The van der Waals surface area contributed by atoms with Crippen molar-refractivity contribution >= 4 is 43.5 Å². The Labute approximate surface area is 122 Å². The first kappa shape index (κ1) is 13.1. The van der Waals surface area contributed by atoms with Gasteiger partial charge in [-0.2, -0.15) is 0 Å². The van der Waals surface area contributed by atoms with Gasteiger partial charge in [-0.3, -0.25) is 0 Å². The number of hydrogen-bond acceptors (Lipinski definition) is 1. The first-order valence-corrected chi connectivity index (χ1v) is 7.00.